The number of aromatic nitrogens is 2. The minimum Gasteiger partial charge on any atom is -0.476 e. The third-order valence-electron chi connectivity index (χ3n) is 4.14. The van der Waals surface area contributed by atoms with Crippen LogP contribution in [0.5, 0.6) is 0 Å². The van der Waals surface area contributed by atoms with Gasteiger partial charge in [0.25, 0.3) is 0 Å². The molecule has 134 valence electrons. The molecule has 26 heavy (non-hydrogen) atoms. The average molecular weight is 389 g/mol. The number of carboxylic acid groups (broad SMARTS) is 1. The number of carbonyl (C=O) groups is 1. The molecule has 0 aliphatic heterocycles. The molecule has 0 unspecified atom stereocenters. The Morgan fingerprint density at radius 1 is 1.12 bits per heavy atom. The van der Waals surface area contributed by atoms with Gasteiger partial charge < -0.3 is 5.11 Å². The maximum Gasteiger partial charge on any atom is 0.356 e. The second-order valence-electron chi connectivity index (χ2n) is 5.93. The lowest BCUT2D eigenvalue weighted by molar-refractivity contribution is 0.0689. The summed E-state index contributed by atoms with van der Waals surface area (Å²) in [6.45, 7) is 2.07. The molecule has 3 aromatic rings. The fraction of sp³-hybridized carbons (Fsp3) is 0.200. The molecule has 1 aromatic heterocycles. The first-order valence-electron chi connectivity index (χ1n) is 8.38. The van der Waals surface area contributed by atoms with Crippen LogP contribution in [-0.2, 0) is 6.42 Å². The highest BCUT2D eigenvalue weighted by Gasteiger charge is 2.24. The van der Waals surface area contributed by atoms with Crippen molar-refractivity contribution in [3.8, 4) is 17.1 Å². The summed E-state index contributed by atoms with van der Waals surface area (Å²) >= 11 is 12.4. The Morgan fingerprint density at radius 3 is 2.42 bits per heavy atom. The normalized spacial score (nSPS) is 10.9. The van der Waals surface area contributed by atoms with E-state index < -0.39 is 5.97 Å². The number of aromatic carboxylic acids is 1. The number of carboxylic acids is 1. The summed E-state index contributed by atoms with van der Waals surface area (Å²) in [5.41, 5.74) is 2.21. The molecule has 0 aliphatic carbocycles. The smallest absolute Gasteiger partial charge is 0.356 e. The van der Waals surface area contributed by atoms with E-state index in [0.29, 0.717) is 33.5 Å². The fourth-order valence-corrected chi connectivity index (χ4v) is 3.24. The highest BCUT2D eigenvalue weighted by Crippen LogP contribution is 2.32. The number of rotatable bonds is 6. The van der Waals surface area contributed by atoms with Gasteiger partial charge >= 0.3 is 5.97 Å². The van der Waals surface area contributed by atoms with Crippen LogP contribution in [0.2, 0.25) is 10.0 Å². The molecule has 0 spiro atoms. The number of unbranched alkanes of at least 4 members (excludes halogenated alkanes) is 1. The van der Waals surface area contributed by atoms with Crippen molar-refractivity contribution in [1.82, 2.24) is 9.55 Å². The number of hydrogen-bond donors (Lipinski definition) is 1. The molecule has 0 atom stereocenters. The largest absolute Gasteiger partial charge is 0.476 e. The summed E-state index contributed by atoms with van der Waals surface area (Å²) in [5.74, 6) is -0.529. The van der Waals surface area contributed by atoms with Gasteiger partial charge in [0.05, 0.1) is 10.7 Å². The zero-order valence-corrected chi connectivity index (χ0v) is 15.8. The van der Waals surface area contributed by atoms with Crippen LogP contribution in [0.1, 0.15) is 35.9 Å². The van der Waals surface area contributed by atoms with Crippen molar-refractivity contribution in [2.75, 3.05) is 0 Å². The Bertz CT molecular complexity index is 933. The van der Waals surface area contributed by atoms with Gasteiger partial charge in [0.1, 0.15) is 5.82 Å². The standard InChI is InChI=1S/C20H18Cl2N2O2/c1-2-3-8-17-18(20(25)26)23-19(15-6-4-5-7-16(15)22)24(17)14-11-9-13(21)10-12-14/h4-7,9-12H,2-3,8H2,1H3,(H,25,26). The van der Waals surface area contributed by atoms with Crippen molar-refractivity contribution >= 4 is 29.2 Å². The van der Waals surface area contributed by atoms with Crippen LogP contribution in [0.3, 0.4) is 0 Å². The van der Waals surface area contributed by atoms with Gasteiger partial charge in [-0.1, -0.05) is 48.7 Å². The topological polar surface area (TPSA) is 55.1 Å². The monoisotopic (exact) mass is 388 g/mol. The number of benzene rings is 2. The second kappa shape index (κ2) is 7.94. The lowest BCUT2D eigenvalue weighted by Crippen LogP contribution is -2.07. The summed E-state index contributed by atoms with van der Waals surface area (Å²) in [4.78, 5) is 16.3. The van der Waals surface area contributed by atoms with Gasteiger partial charge in [-0.3, -0.25) is 4.57 Å². The summed E-state index contributed by atoms with van der Waals surface area (Å²) in [6.07, 6.45) is 2.42. The van der Waals surface area contributed by atoms with Crippen molar-refractivity contribution in [3.05, 3.63) is 70.0 Å². The molecule has 1 heterocycles. The minimum absolute atomic E-state index is 0.0586. The van der Waals surface area contributed by atoms with E-state index in [9.17, 15) is 9.90 Å². The van der Waals surface area contributed by atoms with Gasteiger partial charge in [-0.25, -0.2) is 9.78 Å². The van der Waals surface area contributed by atoms with Gasteiger partial charge in [-0.15, -0.1) is 0 Å². The quantitative estimate of drug-likeness (QED) is 0.572. The van der Waals surface area contributed by atoms with Gasteiger partial charge in [-0.05, 0) is 49.2 Å². The lowest BCUT2D eigenvalue weighted by atomic mass is 10.1. The Morgan fingerprint density at radius 2 is 1.81 bits per heavy atom. The maximum absolute atomic E-state index is 11.8. The van der Waals surface area contributed by atoms with Crippen LogP contribution >= 0.6 is 23.2 Å². The van der Waals surface area contributed by atoms with Crippen LogP contribution in [0.4, 0.5) is 0 Å². The summed E-state index contributed by atoms with van der Waals surface area (Å²) in [5, 5.41) is 10.8. The summed E-state index contributed by atoms with van der Waals surface area (Å²) in [7, 11) is 0. The maximum atomic E-state index is 11.8. The van der Waals surface area contributed by atoms with Gasteiger partial charge in [0.15, 0.2) is 5.69 Å². The van der Waals surface area contributed by atoms with Crippen molar-refractivity contribution in [1.29, 1.82) is 0 Å². The SMILES string of the molecule is CCCCc1c(C(=O)O)nc(-c2ccccc2Cl)n1-c1ccc(Cl)cc1. The predicted molar refractivity (Wildman–Crippen MR) is 105 cm³/mol. The molecular weight excluding hydrogens is 371 g/mol. The molecule has 0 saturated carbocycles. The molecule has 0 radical (unpaired) electrons. The first kappa shape index (κ1) is 18.5. The van der Waals surface area contributed by atoms with Crippen molar-refractivity contribution < 1.29 is 9.90 Å². The van der Waals surface area contributed by atoms with E-state index in [2.05, 4.69) is 11.9 Å². The Kier molecular flexibility index (Phi) is 5.64. The van der Waals surface area contributed by atoms with Crippen LogP contribution in [0.25, 0.3) is 17.1 Å². The summed E-state index contributed by atoms with van der Waals surface area (Å²) in [6, 6.07) is 14.5. The van der Waals surface area contributed by atoms with E-state index in [4.69, 9.17) is 23.2 Å². The minimum atomic E-state index is -1.04. The third kappa shape index (κ3) is 3.62. The van der Waals surface area contributed by atoms with E-state index in [-0.39, 0.29) is 5.69 Å². The van der Waals surface area contributed by atoms with Gasteiger partial charge in [0, 0.05) is 16.3 Å². The van der Waals surface area contributed by atoms with E-state index in [0.717, 1.165) is 18.5 Å². The molecule has 1 N–H and O–H groups in total. The van der Waals surface area contributed by atoms with Crippen molar-refractivity contribution in [2.24, 2.45) is 0 Å². The zero-order valence-electron chi connectivity index (χ0n) is 14.2. The molecule has 0 aliphatic rings. The highest BCUT2D eigenvalue weighted by atomic mass is 35.5. The zero-order chi connectivity index (χ0) is 18.7. The molecule has 3 rings (SSSR count). The molecule has 0 bridgehead atoms. The van der Waals surface area contributed by atoms with Crippen LogP contribution < -0.4 is 0 Å². The third-order valence-corrected chi connectivity index (χ3v) is 4.72. The number of halogens is 2. The van der Waals surface area contributed by atoms with Crippen LogP contribution in [0.15, 0.2) is 48.5 Å². The van der Waals surface area contributed by atoms with Gasteiger partial charge in [0.2, 0.25) is 0 Å². The number of nitrogens with zero attached hydrogens (tertiary/aromatic N) is 2. The highest BCUT2D eigenvalue weighted by molar-refractivity contribution is 6.33. The van der Waals surface area contributed by atoms with E-state index in [1.165, 1.54) is 0 Å². The molecule has 0 saturated heterocycles. The fourth-order valence-electron chi connectivity index (χ4n) is 2.89. The second-order valence-corrected chi connectivity index (χ2v) is 6.77. The first-order chi connectivity index (χ1) is 12.5. The Hall–Kier alpha value is -2.30. The molecule has 0 fully saturated rings. The van der Waals surface area contributed by atoms with Crippen LogP contribution in [-0.4, -0.2) is 20.6 Å². The van der Waals surface area contributed by atoms with Crippen molar-refractivity contribution in [3.63, 3.8) is 0 Å². The van der Waals surface area contributed by atoms with E-state index in [1.54, 1.807) is 18.2 Å². The first-order valence-corrected chi connectivity index (χ1v) is 9.14. The lowest BCUT2D eigenvalue weighted by Gasteiger charge is -2.13. The average Bonchev–Trinajstić information content (AvgIpc) is 3.00. The number of hydrogen-bond acceptors (Lipinski definition) is 2. The molecule has 2 aromatic carbocycles. The summed E-state index contributed by atoms with van der Waals surface area (Å²) < 4.78 is 1.87. The molecule has 0 amide bonds. The van der Waals surface area contributed by atoms with Crippen LogP contribution in [0, 0.1) is 0 Å². The number of imidazole rings is 1. The molecular formula is C20H18Cl2N2O2. The van der Waals surface area contributed by atoms with Gasteiger partial charge in [-0.2, -0.15) is 0 Å². The Labute approximate surface area is 162 Å². The molecule has 4 nitrogen and oxygen atoms in total. The predicted octanol–water partition coefficient (Wildman–Crippen LogP) is 5.89. The Balaban J connectivity index is 2.30. The molecule has 6 heteroatoms. The van der Waals surface area contributed by atoms with E-state index in [1.807, 2.05) is 34.9 Å². The van der Waals surface area contributed by atoms with Crippen molar-refractivity contribution in [2.45, 2.75) is 26.2 Å². The van der Waals surface area contributed by atoms with E-state index >= 15 is 0 Å².